The first-order valence-corrected chi connectivity index (χ1v) is 7.72. The number of anilines is 1. The van der Waals surface area contributed by atoms with Crippen LogP contribution in [0.5, 0.6) is 0 Å². The van der Waals surface area contributed by atoms with Gasteiger partial charge in [-0.2, -0.15) is 0 Å². The molecule has 0 spiro atoms. The van der Waals surface area contributed by atoms with Gasteiger partial charge in [-0.1, -0.05) is 6.07 Å². The Labute approximate surface area is 121 Å². The number of benzene rings is 1. The molecule has 2 saturated heterocycles. The van der Waals surface area contributed by atoms with Gasteiger partial charge in [0, 0.05) is 24.2 Å². The van der Waals surface area contributed by atoms with E-state index in [1.807, 2.05) is 12.1 Å². The third kappa shape index (κ3) is 3.21. The van der Waals surface area contributed by atoms with Gasteiger partial charge in [-0.25, -0.2) is 0 Å². The van der Waals surface area contributed by atoms with Gasteiger partial charge in [0.1, 0.15) is 0 Å². The topological polar surface area (TPSA) is 41.1 Å². The average molecular weight is 272 g/mol. The van der Waals surface area contributed by atoms with E-state index in [1.54, 1.807) is 0 Å². The van der Waals surface area contributed by atoms with Gasteiger partial charge in [0.25, 0.3) is 0 Å². The number of fused-ring (bicyclic) bond motifs is 2. The molecule has 3 nitrogen and oxygen atoms in total. The zero-order chi connectivity index (χ0) is 14.1. The smallest absolute Gasteiger partial charge is 0.224 e. The van der Waals surface area contributed by atoms with E-state index < -0.39 is 0 Å². The average Bonchev–Trinajstić information content (AvgIpc) is 2.67. The van der Waals surface area contributed by atoms with E-state index in [4.69, 9.17) is 0 Å². The molecule has 1 aromatic rings. The number of carbonyl (C=O) groups is 1. The molecule has 0 saturated carbocycles. The minimum atomic E-state index is 0.168. The maximum Gasteiger partial charge on any atom is 0.224 e. The Morgan fingerprint density at radius 3 is 2.35 bits per heavy atom. The van der Waals surface area contributed by atoms with Crippen molar-refractivity contribution < 1.29 is 4.79 Å². The van der Waals surface area contributed by atoms with Crippen LogP contribution in [0.4, 0.5) is 5.69 Å². The monoisotopic (exact) mass is 272 g/mol. The number of hydrogen-bond donors (Lipinski definition) is 2. The fraction of sp³-hybridized carbons (Fsp3) is 0.588. The molecule has 2 atom stereocenters. The van der Waals surface area contributed by atoms with Gasteiger partial charge in [0.2, 0.25) is 5.91 Å². The molecule has 2 bridgehead atoms. The molecule has 2 heterocycles. The molecule has 108 valence electrons. The van der Waals surface area contributed by atoms with E-state index in [-0.39, 0.29) is 5.91 Å². The molecule has 2 N–H and O–H groups in total. The molecule has 2 aliphatic rings. The standard InChI is InChI=1S/C17H24N2O/c1-11-5-12(2)7-16(6-11)19-17(20)10-13-8-14-3-4-15(9-13)18-14/h5-7,13-15,18H,3-4,8-10H2,1-2H3,(H,19,20). The zero-order valence-electron chi connectivity index (χ0n) is 12.4. The van der Waals surface area contributed by atoms with Gasteiger partial charge < -0.3 is 10.6 Å². The summed E-state index contributed by atoms with van der Waals surface area (Å²) < 4.78 is 0. The minimum absolute atomic E-state index is 0.168. The molecule has 20 heavy (non-hydrogen) atoms. The lowest BCUT2D eigenvalue weighted by Crippen LogP contribution is -2.39. The Bertz CT molecular complexity index is 479. The van der Waals surface area contributed by atoms with Crippen LogP contribution in [0.3, 0.4) is 0 Å². The van der Waals surface area contributed by atoms with Crippen molar-refractivity contribution in [1.82, 2.24) is 5.32 Å². The maximum absolute atomic E-state index is 12.2. The van der Waals surface area contributed by atoms with E-state index in [9.17, 15) is 4.79 Å². The number of piperidine rings is 1. The highest BCUT2D eigenvalue weighted by Crippen LogP contribution is 2.32. The SMILES string of the molecule is Cc1cc(C)cc(NC(=O)CC2CC3CCC(C2)N3)c1. The van der Waals surface area contributed by atoms with Crippen molar-refractivity contribution in [2.24, 2.45) is 5.92 Å². The zero-order valence-corrected chi connectivity index (χ0v) is 12.4. The van der Waals surface area contributed by atoms with Crippen LogP contribution in [-0.4, -0.2) is 18.0 Å². The first kappa shape index (κ1) is 13.6. The van der Waals surface area contributed by atoms with Crippen LogP contribution in [0.1, 0.15) is 43.2 Å². The van der Waals surface area contributed by atoms with Crippen molar-refractivity contribution >= 4 is 11.6 Å². The maximum atomic E-state index is 12.2. The third-order valence-corrected chi connectivity index (χ3v) is 4.55. The van der Waals surface area contributed by atoms with Gasteiger partial charge >= 0.3 is 0 Å². The second kappa shape index (κ2) is 5.57. The lowest BCUT2D eigenvalue weighted by Gasteiger charge is -2.28. The molecule has 2 aliphatic heterocycles. The van der Waals surface area contributed by atoms with Gasteiger partial charge in [-0.05, 0) is 68.7 Å². The predicted octanol–water partition coefficient (Wildman–Crippen LogP) is 3.16. The van der Waals surface area contributed by atoms with Crippen LogP contribution < -0.4 is 10.6 Å². The summed E-state index contributed by atoms with van der Waals surface area (Å²) in [5, 5.41) is 6.69. The lowest BCUT2D eigenvalue weighted by molar-refractivity contribution is -0.117. The molecule has 2 fully saturated rings. The minimum Gasteiger partial charge on any atom is -0.326 e. The Hall–Kier alpha value is -1.35. The molecular weight excluding hydrogens is 248 g/mol. The second-order valence-electron chi connectivity index (χ2n) is 6.60. The summed E-state index contributed by atoms with van der Waals surface area (Å²) in [5.41, 5.74) is 3.32. The molecule has 0 radical (unpaired) electrons. The number of rotatable bonds is 3. The highest BCUT2D eigenvalue weighted by atomic mass is 16.1. The summed E-state index contributed by atoms with van der Waals surface area (Å²) in [6.07, 6.45) is 5.58. The van der Waals surface area contributed by atoms with Gasteiger partial charge in [0.15, 0.2) is 0 Å². The lowest BCUT2D eigenvalue weighted by atomic mass is 9.89. The molecule has 1 amide bonds. The molecular formula is C17H24N2O. The number of nitrogens with one attached hydrogen (secondary N) is 2. The van der Waals surface area contributed by atoms with Crippen LogP contribution in [0.2, 0.25) is 0 Å². The van der Waals surface area contributed by atoms with E-state index in [0.29, 0.717) is 24.4 Å². The Morgan fingerprint density at radius 2 is 1.75 bits per heavy atom. The van der Waals surface area contributed by atoms with Gasteiger partial charge in [-0.3, -0.25) is 4.79 Å². The first-order chi connectivity index (χ1) is 9.58. The van der Waals surface area contributed by atoms with Crippen LogP contribution in [0.25, 0.3) is 0 Å². The van der Waals surface area contributed by atoms with Gasteiger partial charge in [-0.15, -0.1) is 0 Å². The van der Waals surface area contributed by atoms with Crippen molar-refractivity contribution in [3.8, 4) is 0 Å². The molecule has 3 rings (SSSR count). The van der Waals surface area contributed by atoms with Crippen LogP contribution in [0.15, 0.2) is 18.2 Å². The summed E-state index contributed by atoms with van der Waals surface area (Å²) in [4.78, 5) is 12.2. The largest absolute Gasteiger partial charge is 0.326 e. The quantitative estimate of drug-likeness (QED) is 0.887. The van der Waals surface area contributed by atoms with Crippen molar-refractivity contribution in [3.05, 3.63) is 29.3 Å². The number of hydrogen-bond acceptors (Lipinski definition) is 2. The Morgan fingerprint density at radius 1 is 1.15 bits per heavy atom. The summed E-state index contributed by atoms with van der Waals surface area (Å²) in [6, 6.07) is 7.52. The predicted molar refractivity (Wildman–Crippen MR) is 81.8 cm³/mol. The van der Waals surface area contributed by atoms with Crippen molar-refractivity contribution in [2.45, 2.75) is 58.0 Å². The second-order valence-corrected chi connectivity index (χ2v) is 6.60. The summed E-state index contributed by atoms with van der Waals surface area (Å²) in [5.74, 6) is 0.723. The molecule has 3 heteroatoms. The summed E-state index contributed by atoms with van der Waals surface area (Å²) in [7, 11) is 0. The van der Waals surface area contributed by atoms with Crippen LogP contribution in [0, 0.1) is 19.8 Å². The van der Waals surface area contributed by atoms with Crippen molar-refractivity contribution in [1.29, 1.82) is 0 Å². The van der Waals surface area contributed by atoms with E-state index in [2.05, 4.69) is 30.5 Å². The summed E-state index contributed by atoms with van der Waals surface area (Å²) in [6.45, 7) is 4.13. The van der Waals surface area contributed by atoms with E-state index in [0.717, 1.165) is 18.5 Å². The highest BCUT2D eigenvalue weighted by Gasteiger charge is 2.34. The van der Waals surface area contributed by atoms with E-state index >= 15 is 0 Å². The van der Waals surface area contributed by atoms with E-state index in [1.165, 1.54) is 24.0 Å². The first-order valence-electron chi connectivity index (χ1n) is 7.72. The number of amides is 1. The molecule has 0 aliphatic carbocycles. The van der Waals surface area contributed by atoms with Crippen molar-refractivity contribution in [2.75, 3.05) is 5.32 Å². The van der Waals surface area contributed by atoms with Crippen LogP contribution >= 0.6 is 0 Å². The number of aryl methyl sites for hydroxylation is 2. The molecule has 0 aromatic heterocycles. The summed E-state index contributed by atoms with van der Waals surface area (Å²) >= 11 is 0. The van der Waals surface area contributed by atoms with Crippen molar-refractivity contribution in [3.63, 3.8) is 0 Å². The Kier molecular flexibility index (Phi) is 3.79. The third-order valence-electron chi connectivity index (χ3n) is 4.55. The highest BCUT2D eigenvalue weighted by molar-refractivity contribution is 5.91. The fourth-order valence-corrected chi connectivity index (χ4v) is 3.86. The normalized spacial score (nSPS) is 28.4. The Balaban J connectivity index is 1.57. The molecule has 2 unspecified atom stereocenters. The van der Waals surface area contributed by atoms with Gasteiger partial charge in [0.05, 0.1) is 0 Å². The number of carbonyl (C=O) groups excluding carboxylic acids is 1. The molecule has 1 aromatic carbocycles. The van der Waals surface area contributed by atoms with Crippen LogP contribution in [-0.2, 0) is 4.79 Å². The fourth-order valence-electron chi connectivity index (χ4n) is 3.86.